The zero-order valence-corrected chi connectivity index (χ0v) is 9.31. The molecule has 88 valence electrons. The highest BCUT2D eigenvalue weighted by atomic mass is 16.4. The number of carbonyl (C=O) groups is 1. The van der Waals surface area contributed by atoms with Gasteiger partial charge in [-0.05, 0) is 29.9 Å². The normalized spacial score (nSPS) is 27.9. The average Bonchev–Trinajstić information content (AvgIpc) is 2.71. The number of carboxylic acid groups (broad SMARTS) is 1. The van der Waals surface area contributed by atoms with Gasteiger partial charge in [-0.25, -0.2) is 0 Å². The Balaban J connectivity index is 2.20. The maximum atomic E-state index is 11.5. The third-order valence-electron chi connectivity index (χ3n) is 3.73. The fourth-order valence-electron chi connectivity index (χ4n) is 2.83. The lowest BCUT2D eigenvalue weighted by atomic mass is 9.61. The average molecular weight is 230 g/mol. The molecule has 1 aliphatic carbocycles. The minimum absolute atomic E-state index is 0.00341. The predicted octanol–water partition coefficient (Wildman–Crippen LogP) is 1.61. The highest BCUT2D eigenvalue weighted by Gasteiger charge is 2.51. The van der Waals surface area contributed by atoms with E-state index in [0.29, 0.717) is 12.8 Å². The van der Waals surface area contributed by atoms with Gasteiger partial charge in [0.2, 0.25) is 0 Å². The summed E-state index contributed by atoms with van der Waals surface area (Å²) < 4.78 is 0. The van der Waals surface area contributed by atoms with E-state index in [9.17, 15) is 9.90 Å². The number of nitrogens with one attached hydrogen (secondary N) is 1. The first-order valence-corrected chi connectivity index (χ1v) is 5.69. The highest BCUT2D eigenvalue weighted by Crippen LogP contribution is 2.45. The third kappa shape index (κ3) is 1.31. The topological polar surface area (TPSA) is 79.1 Å². The second-order valence-corrected chi connectivity index (χ2v) is 4.80. The van der Waals surface area contributed by atoms with Gasteiger partial charge in [-0.3, -0.25) is 4.79 Å². The molecule has 4 N–H and O–H groups in total. The molecule has 0 saturated heterocycles. The van der Waals surface area contributed by atoms with Crippen LogP contribution in [-0.4, -0.2) is 22.1 Å². The molecular weight excluding hydrogens is 216 g/mol. The molecule has 4 nitrogen and oxygen atoms in total. The molecule has 2 aromatic rings. The lowest BCUT2D eigenvalue weighted by Gasteiger charge is -2.43. The number of fused-ring (bicyclic) bond motifs is 1. The maximum Gasteiger partial charge on any atom is 0.314 e. The van der Waals surface area contributed by atoms with E-state index in [2.05, 4.69) is 4.98 Å². The fourth-order valence-corrected chi connectivity index (χ4v) is 2.83. The molecule has 1 fully saturated rings. The van der Waals surface area contributed by atoms with Crippen LogP contribution in [0.1, 0.15) is 18.4 Å². The van der Waals surface area contributed by atoms with Crippen molar-refractivity contribution < 1.29 is 9.90 Å². The fraction of sp³-hybridized carbons (Fsp3) is 0.308. The summed E-state index contributed by atoms with van der Waals surface area (Å²) in [5.41, 5.74) is 6.75. The van der Waals surface area contributed by atoms with E-state index in [-0.39, 0.29) is 6.04 Å². The molecule has 0 aliphatic heterocycles. The molecule has 0 unspecified atom stereocenters. The molecule has 0 spiro atoms. The van der Waals surface area contributed by atoms with Crippen molar-refractivity contribution in [2.75, 3.05) is 0 Å². The Hall–Kier alpha value is -1.81. The van der Waals surface area contributed by atoms with Gasteiger partial charge in [0.15, 0.2) is 0 Å². The Morgan fingerprint density at radius 3 is 2.82 bits per heavy atom. The van der Waals surface area contributed by atoms with Crippen LogP contribution in [-0.2, 0) is 10.2 Å². The first-order valence-electron chi connectivity index (χ1n) is 5.69. The molecule has 1 saturated carbocycles. The summed E-state index contributed by atoms with van der Waals surface area (Å²) in [6.45, 7) is 0. The number of hydrogen-bond acceptors (Lipinski definition) is 2. The molecule has 3 rings (SSSR count). The molecule has 1 aromatic carbocycles. The minimum atomic E-state index is -0.802. The number of carboxylic acids is 1. The number of aliphatic carboxylic acids is 1. The van der Waals surface area contributed by atoms with Crippen LogP contribution in [0.2, 0.25) is 0 Å². The number of nitrogens with two attached hydrogens (primary N) is 1. The monoisotopic (exact) mass is 230 g/mol. The van der Waals surface area contributed by atoms with Gasteiger partial charge in [0.25, 0.3) is 0 Å². The molecule has 1 aliphatic rings. The summed E-state index contributed by atoms with van der Waals surface area (Å²) in [4.78, 5) is 14.7. The quantitative estimate of drug-likeness (QED) is 0.733. The van der Waals surface area contributed by atoms with Crippen LogP contribution in [0, 0.1) is 0 Å². The molecule has 17 heavy (non-hydrogen) atoms. The van der Waals surface area contributed by atoms with Gasteiger partial charge in [0.1, 0.15) is 0 Å². The van der Waals surface area contributed by atoms with Crippen LogP contribution < -0.4 is 5.73 Å². The van der Waals surface area contributed by atoms with Gasteiger partial charge < -0.3 is 15.8 Å². The van der Waals surface area contributed by atoms with Gasteiger partial charge in [-0.1, -0.05) is 18.2 Å². The number of para-hydroxylation sites is 1. The molecule has 1 aromatic heterocycles. The van der Waals surface area contributed by atoms with Crippen molar-refractivity contribution >= 4 is 16.9 Å². The van der Waals surface area contributed by atoms with Gasteiger partial charge >= 0.3 is 5.97 Å². The van der Waals surface area contributed by atoms with E-state index in [1.807, 2.05) is 30.5 Å². The zero-order valence-electron chi connectivity index (χ0n) is 9.31. The summed E-state index contributed by atoms with van der Waals surface area (Å²) in [6.07, 6.45) is 2.86. The molecule has 0 bridgehead atoms. The lowest BCUT2D eigenvalue weighted by Crippen LogP contribution is -2.54. The Kier molecular flexibility index (Phi) is 2.03. The standard InChI is InChI=1S/C13H14N2O2/c14-9-6-13(7-9,12(16)17)10-3-1-2-8-4-5-15-11(8)10/h1-5,9,15H,6-7,14H2,(H,16,17). The van der Waals surface area contributed by atoms with Gasteiger partial charge in [0, 0.05) is 17.8 Å². The number of aromatic amines is 1. The highest BCUT2D eigenvalue weighted by molar-refractivity contribution is 5.92. The van der Waals surface area contributed by atoms with Crippen LogP contribution in [0.4, 0.5) is 0 Å². The van der Waals surface area contributed by atoms with Gasteiger partial charge in [-0.15, -0.1) is 0 Å². The second-order valence-electron chi connectivity index (χ2n) is 4.80. The summed E-state index contributed by atoms with van der Waals surface area (Å²) >= 11 is 0. The molecule has 0 radical (unpaired) electrons. The Bertz CT molecular complexity index is 582. The van der Waals surface area contributed by atoms with Crippen LogP contribution in [0.5, 0.6) is 0 Å². The van der Waals surface area contributed by atoms with Crippen LogP contribution in [0.3, 0.4) is 0 Å². The van der Waals surface area contributed by atoms with E-state index >= 15 is 0 Å². The van der Waals surface area contributed by atoms with Crippen molar-refractivity contribution in [3.63, 3.8) is 0 Å². The van der Waals surface area contributed by atoms with Gasteiger partial charge in [0.05, 0.1) is 5.41 Å². The van der Waals surface area contributed by atoms with Crippen LogP contribution in [0.15, 0.2) is 30.5 Å². The smallest absolute Gasteiger partial charge is 0.314 e. The van der Waals surface area contributed by atoms with Crippen molar-refractivity contribution in [3.05, 3.63) is 36.0 Å². The van der Waals surface area contributed by atoms with Crippen molar-refractivity contribution in [2.24, 2.45) is 5.73 Å². The van der Waals surface area contributed by atoms with E-state index in [0.717, 1.165) is 16.5 Å². The molecule has 0 atom stereocenters. The number of hydrogen-bond donors (Lipinski definition) is 3. The molecule has 4 heteroatoms. The summed E-state index contributed by atoms with van der Waals surface area (Å²) in [7, 11) is 0. The number of benzene rings is 1. The van der Waals surface area contributed by atoms with E-state index in [4.69, 9.17) is 5.73 Å². The first-order chi connectivity index (χ1) is 8.13. The third-order valence-corrected chi connectivity index (χ3v) is 3.73. The van der Waals surface area contributed by atoms with E-state index < -0.39 is 11.4 Å². The Morgan fingerprint density at radius 2 is 2.18 bits per heavy atom. The zero-order chi connectivity index (χ0) is 12.0. The molecule has 1 heterocycles. The number of H-pyrrole nitrogens is 1. The summed E-state index contributed by atoms with van der Waals surface area (Å²) in [5, 5.41) is 10.5. The van der Waals surface area contributed by atoms with E-state index in [1.165, 1.54) is 0 Å². The Morgan fingerprint density at radius 1 is 1.41 bits per heavy atom. The Labute approximate surface area is 98.4 Å². The lowest BCUT2D eigenvalue weighted by molar-refractivity contribution is -0.148. The second kappa shape index (κ2) is 3.34. The van der Waals surface area contributed by atoms with Gasteiger partial charge in [-0.2, -0.15) is 0 Å². The van der Waals surface area contributed by atoms with Crippen molar-refractivity contribution in [2.45, 2.75) is 24.3 Å². The summed E-state index contributed by atoms with van der Waals surface area (Å²) in [5.74, 6) is -0.777. The number of rotatable bonds is 2. The SMILES string of the molecule is NC1CC(C(=O)O)(c2cccc3cc[nH]c23)C1. The van der Waals surface area contributed by atoms with Crippen molar-refractivity contribution in [1.29, 1.82) is 0 Å². The van der Waals surface area contributed by atoms with Crippen molar-refractivity contribution in [3.8, 4) is 0 Å². The summed E-state index contributed by atoms with van der Waals surface area (Å²) in [6, 6.07) is 7.71. The van der Waals surface area contributed by atoms with Crippen molar-refractivity contribution in [1.82, 2.24) is 4.98 Å². The van der Waals surface area contributed by atoms with Crippen LogP contribution >= 0.6 is 0 Å². The number of aromatic nitrogens is 1. The largest absolute Gasteiger partial charge is 0.481 e. The van der Waals surface area contributed by atoms with Crippen LogP contribution in [0.25, 0.3) is 10.9 Å². The minimum Gasteiger partial charge on any atom is -0.481 e. The first kappa shape index (κ1) is 10.4. The predicted molar refractivity (Wildman–Crippen MR) is 64.8 cm³/mol. The maximum absolute atomic E-state index is 11.5. The molecule has 0 amide bonds. The van der Waals surface area contributed by atoms with E-state index in [1.54, 1.807) is 0 Å². The molecular formula is C13H14N2O2.